The van der Waals surface area contributed by atoms with Crippen molar-refractivity contribution in [3.63, 3.8) is 0 Å². The molecule has 0 unspecified atom stereocenters. The van der Waals surface area contributed by atoms with Crippen molar-refractivity contribution in [2.24, 2.45) is 5.84 Å². The van der Waals surface area contributed by atoms with E-state index in [0.717, 1.165) is 0 Å². The number of halogens is 1. The van der Waals surface area contributed by atoms with Gasteiger partial charge in [0.1, 0.15) is 0 Å². The van der Waals surface area contributed by atoms with Crippen molar-refractivity contribution in [3.8, 4) is 0 Å². The van der Waals surface area contributed by atoms with Crippen LogP contribution < -0.4 is 11.3 Å². The largest absolute Gasteiger partial charge is 0.324 e. The number of nitrogens with one attached hydrogen (secondary N) is 1. The van der Waals surface area contributed by atoms with Crippen molar-refractivity contribution in [2.45, 2.75) is 4.90 Å². The summed E-state index contributed by atoms with van der Waals surface area (Å²) >= 11 is 0. The first-order chi connectivity index (χ1) is 5.54. The van der Waals surface area contributed by atoms with Crippen LogP contribution in [0.3, 0.4) is 0 Å². The molecule has 0 amide bonds. The summed E-state index contributed by atoms with van der Waals surface area (Å²) in [6.07, 6.45) is 0. The minimum absolute atomic E-state index is 0. The number of rotatable bonds is 2. The van der Waals surface area contributed by atoms with Gasteiger partial charge in [-0.15, -0.1) is 17.0 Å². The summed E-state index contributed by atoms with van der Waals surface area (Å²) in [7, 11) is -4.10. The van der Waals surface area contributed by atoms with Gasteiger partial charge < -0.3 is 5.43 Å². The lowest BCUT2D eigenvalue weighted by molar-refractivity contribution is 0.483. The summed E-state index contributed by atoms with van der Waals surface area (Å²) in [5.74, 6) is 5.05. The third-order valence-electron chi connectivity index (χ3n) is 1.32. The maximum absolute atomic E-state index is 10.5. The topological polar surface area (TPSA) is 92.4 Å². The monoisotopic (exact) mass is 268 g/mol. The number of nitrogens with two attached hydrogens (primary N) is 1. The van der Waals surface area contributed by atoms with Gasteiger partial charge in [-0.05, 0) is 24.3 Å². The van der Waals surface area contributed by atoms with Gasteiger partial charge in [-0.25, -0.2) is 0 Å². The maximum atomic E-state index is 10.5. The van der Waals surface area contributed by atoms with Crippen LogP contribution in [-0.4, -0.2) is 13.0 Å². The molecule has 0 saturated carbocycles. The number of hydrogen-bond donors (Lipinski definition) is 3. The lowest BCUT2D eigenvalue weighted by atomic mass is 10.3. The third kappa shape index (κ3) is 3.31. The predicted octanol–water partition coefficient (Wildman–Crippen LogP) is 0.797. The van der Waals surface area contributed by atoms with Crippen molar-refractivity contribution < 1.29 is 13.0 Å². The minimum atomic E-state index is -4.10. The molecule has 0 heterocycles. The van der Waals surface area contributed by atoms with Crippen LogP contribution in [0.1, 0.15) is 0 Å². The third-order valence-corrected chi connectivity index (χ3v) is 2.19. The molecule has 0 aliphatic rings. The van der Waals surface area contributed by atoms with Gasteiger partial charge in [-0.2, -0.15) is 8.42 Å². The van der Waals surface area contributed by atoms with Crippen molar-refractivity contribution in [3.05, 3.63) is 24.3 Å². The van der Waals surface area contributed by atoms with Crippen LogP contribution in [0.4, 0.5) is 5.69 Å². The minimum Gasteiger partial charge on any atom is -0.324 e. The Hall–Kier alpha value is -0.630. The van der Waals surface area contributed by atoms with Crippen LogP contribution >= 0.6 is 17.0 Å². The standard InChI is InChI=1S/C6H8N2O3S.BrH/c7-8-5-1-3-6(4-2-5)12(9,10)11;/h1-4,8H,7H2,(H,9,10,11);1H. The van der Waals surface area contributed by atoms with Gasteiger partial charge in [0.2, 0.25) is 0 Å². The molecule has 0 radical (unpaired) electrons. The van der Waals surface area contributed by atoms with Crippen molar-refractivity contribution in [1.29, 1.82) is 0 Å². The van der Waals surface area contributed by atoms with Gasteiger partial charge in [0, 0.05) is 5.69 Å². The molecule has 4 N–H and O–H groups in total. The Bertz CT molecular complexity index is 362. The molecule has 1 aromatic rings. The van der Waals surface area contributed by atoms with Gasteiger partial charge in [-0.3, -0.25) is 10.4 Å². The van der Waals surface area contributed by atoms with E-state index in [-0.39, 0.29) is 21.9 Å². The van der Waals surface area contributed by atoms with E-state index in [1.165, 1.54) is 24.3 Å². The summed E-state index contributed by atoms with van der Waals surface area (Å²) in [5.41, 5.74) is 2.90. The number of anilines is 1. The van der Waals surface area contributed by atoms with Crippen LogP contribution in [0, 0.1) is 0 Å². The first-order valence-electron chi connectivity index (χ1n) is 3.08. The van der Waals surface area contributed by atoms with Crippen LogP contribution in [0.15, 0.2) is 29.2 Å². The Morgan fingerprint density at radius 3 is 2.00 bits per heavy atom. The van der Waals surface area contributed by atoms with E-state index in [9.17, 15) is 8.42 Å². The highest BCUT2D eigenvalue weighted by molar-refractivity contribution is 8.93. The number of hydrogen-bond acceptors (Lipinski definition) is 4. The Morgan fingerprint density at radius 2 is 1.69 bits per heavy atom. The number of nitrogen functional groups attached to an aromatic ring is 1. The molecule has 0 aliphatic heterocycles. The van der Waals surface area contributed by atoms with Gasteiger partial charge >= 0.3 is 0 Å². The maximum Gasteiger partial charge on any atom is 0.294 e. The van der Waals surface area contributed by atoms with Gasteiger partial charge in [0.25, 0.3) is 10.1 Å². The fraction of sp³-hybridized carbons (Fsp3) is 0. The average Bonchev–Trinajstić information content (AvgIpc) is 2.03. The predicted molar refractivity (Wildman–Crippen MR) is 54.4 cm³/mol. The Kier molecular flexibility index (Phi) is 4.34. The summed E-state index contributed by atoms with van der Waals surface area (Å²) in [4.78, 5) is -0.151. The molecule has 5 nitrogen and oxygen atoms in total. The highest BCUT2D eigenvalue weighted by atomic mass is 79.9. The lowest BCUT2D eigenvalue weighted by Gasteiger charge is -1.99. The second kappa shape index (κ2) is 4.56. The van der Waals surface area contributed by atoms with Gasteiger partial charge in [-0.1, -0.05) is 0 Å². The van der Waals surface area contributed by atoms with E-state index < -0.39 is 10.1 Å². The first-order valence-corrected chi connectivity index (χ1v) is 4.52. The van der Waals surface area contributed by atoms with Gasteiger partial charge in [0.15, 0.2) is 0 Å². The van der Waals surface area contributed by atoms with Crippen molar-refractivity contribution >= 4 is 32.8 Å². The zero-order valence-electron chi connectivity index (χ0n) is 6.47. The quantitative estimate of drug-likeness (QED) is 0.419. The second-order valence-corrected chi connectivity index (χ2v) is 3.57. The highest BCUT2D eigenvalue weighted by Crippen LogP contribution is 2.12. The lowest BCUT2D eigenvalue weighted by Crippen LogP contribution is -2.06. The molecule has 1 aromatic carbocycles. The van der Waals surface area contributed by atoms with Crippen molar-refractivity contribution in [1.82, 2.24) is 0 Å². The molecule has 0 bridgehead atoms. The fourth-order valence-electron chi connectivity index (χ4n) is 0.723. The van der Waals surface area contributed by atoms with E-state index >= 15 is 0 Å². The van der Waals surface area contributed by atoms with E-state index in [0.29, 0.717) is 5.69 Å². The fourth-order valence-corrected chi connectivity index (χ4v) is 1.20. The zero-order chi connectivity index (χ0) is 9.19. The Labute approximate surface area is 86.4 Å². The van der Waals surface area contributed by atoms with Crippen molar-refractivity contribution in [2.75, 3.05) is 5.43 Å². The SMILES string of the molecule is Br.NNc1ccc(S(=O)(=O)O)cc1. The first kappa shape index (κ1) is 12.4. The zero-order valence-corrected chi connectivity index (χ0v) is 9.00. The van der Waals surface area contributed by atoms with Crippen LogP contribution in [0.2, 0.25) is 0 Å². The summed E-state index contributed by atoms with van der Waals surface area (Å²) < 4.78 is 29.6. The molecular weight excluding hydrogens is 260 g/mol. The molecule has 1 rings (SSSR count). The molecule has 0 spiro atoms. The van der Waals surface area contributed by atoms with E-state index in [1.54, 1.807) is 0 Å². The highest BCUT2D eigenvalue weighted by Gasteiger charge is 2.07. The molecule has 0 atom stereocenters. The van der Waals surface area contributed by atoms with E-state index in [1.807, 2.05) is 0 Å². The van der Waals surface area contributed by atoms with Crippen LogP contribution in [0.5, 0.6) is 0 Å². The smallest absolute Gasteiger partial charge is 0.294 e. The molecule has 13 heavy (non-hydrogen) atoms. The molecule has 74 valence electrons. The van der Waals surface area contributed by atoms with Crippen LogP contribution in [-0.2, 0) is 10.1 Å². The Balaban J connectivity index is 0.00000144. The molecular formula is C6H9BrN2O3S. The number of benzene rings is 1. The number of hydrazine groups is 1. The average molecular weight is 269 g/mol. The van der Waals surface area contributed by atoms with E-state index in [2.05, 4.69) is 5.43 Å². The van der Waals surface area contributed by atoms with E-state index in [4.69, 9.17) is 10.4 Å². The Morgan fingerprint density at radius 1 is 1.23 bits per heavy atom. The molecule has 0 aliphatic carbocycles. The van der Waals surface area contributed by atoms with Gasteiger partial charge in [0.05, 0.1) is 4.90 Å². The molecule has 7 heteroatoms. The second-order valence-electron chi connectivity index (χ2n) is 2.14. The molecule has 0 aromatic heterocycles. The summed E-state index contributed by atoms with van der Waals surface area (Å²) in [5, 5.41) is 0. The normalized spacial score (nSPS) is 10.3. The molecule has 0 saturated heterocycles. The summed E-state index contributed by atoms with van der Waals surface area (Å²) in [6.45, 7) is 0. The van der Waals surface area contributed by atoms with Crippen LogP contribution in [0.25, 0.3) is 0 Å². The summed E-state index contributed by atoms with van der Waals surface area (Å²) in [6, 6.07) is 5.40. The molecule has 0 fully saturated rings.